The van der Waals surface area contributed by atoms with E-state index < -0.39 is 5.91 Å². The largest absolute Gasteiger partial charge is 0.366 e. The smallest absolute Gasteiger partial charge is 0.248 e. The van der Waals surface area contributed by atoms with Gasteiger partial charge in [0.1, 0.15) is 0 Å². The molecule has 104 valence electrons. The van der Waals surface area contributed by atoms with Crippen LogP contribution in [0.25, 0.3) is 10.9 Å². The lowest BCUT2D eigenvalue weighted by molar-refractivity contribution is 0.0233. The summed E-state index contributed by atoms with van der Waals surface area (Å²) < 4.78 is 0. The van der Waals surface area contributed by atoms with Gasteiger partial charge in [0, 0.05) is 30.6 Å². The van der Waals surface area contributed by atoms with Gasteiger partial charge in [0.05, 0.1) is 11.2 Å². The van der Waals surface area contributed by atoms with Gasteiger partial charge >= 0.3 is 0 Å². The first-order valence-electron chi connectivity index (χ1n) is 6.85. The Kier molecular flexibility index (Phi) is 2.98. The van der Waals surface area contributed by atoms with Gasteiger partial charge in [0.15, 0.2) is 0 Å². The third-order valence-electron chi connectivity index (χ3n) is 3.72. The fourth-order valence-corrected chi connectivity index (χ4v) is 2.91. The Morgan fingerprint density at radius 2 is 2.05 bits per heavy atom. The minimum Gasteiger partial charge on any atom is -0.366 e. The lowest BCUT2D eigenvalue weighted by Crippen LogP contribution is -2.52. The van der Waals surface area contributed by atoms with Gasteiger partial charge in [-0.2, -0.15) is 0 Å². The molecule has 1 aromatic carbocycles. The molecular formula is C16H19N3O. The molecule has 1 saturated heterocycles. The molecule has 2 aromatic rings. The van der Waals surface area contributed by atoms with Gasteiger partial charge in [-0.05, 0) is 29.7 Å². The van der Waals surface area contributed by atoms with Crippen LogP contribution in [0, 0.1) is 5.41 Å². The Balaban J connectivity index is 1.81. The molecule has 20 heavy (non-hydrogen) atoms. The summed E-state index contributed by atoms with van der Waals surface area (Å²) in [6, 6.07) is 9.42. The summed E-state index contributed by atoms with van der Waals surface area (Å²) in [5.41, 5.74) is 8.23. The average Bonchev–Trinajstić information content (AvgIpc) is 2.35. The van der Waals surface area contributed by atoms with E-state index in [1.807, 2.05) is 18.2 Å². The topological polar surface area (TPSA) is 59.2 Å². The fourth-order valence-electron chi connectivity index (χ4n) is 2.91. The highest BCUT2D eigenvalue weighted by Gasteiger charge is 2.33. The Hall–Kier alpha value is -1.94. The maximum absolute atomic E-state index is 11.2. The van der Waals surface area contributed by atoms with Crippen molar-refractivity contribution in [2.75, 3.05) is 13.1 Å². The molecule has 0 bridgehead atoms. The monoisotopic (exact) mass is 269 g/mol. The number of aromatic nitrogens is 1. The number of carbonyl (C=O) groups is 1. The first kappa shape index (κ1) is 13.1. The highest BCUT2D eigenvalue weighted by atomic mass is 16.1. The number of carbonyl (C=O) groups excluding carboxylic acids is 1. The number of fused-ring (bicyclic) bond motifs is 1. The zero-order valence-electron chi connectivity index (χ0n) is 11.9. The standard InChI is InChI=1S/C16H19N3O/c1-16(2)9-19(10-16)8-13-5-3-11-7-12(15(17)20)4-6-14(11)18-13/h3-7H,8-10H2,1-2H3,(H2,17,20). The minimum absolute atomic E-state index is 0.404. The minimum atomic E-state index is -0.404. The van der Waals surface area contributed by atoms with E-state index in [1.54, 1.807) is 12.1 Å². The van der Waals surface area contributed by atoms with Crippen molar-refractivity contribution < 1.29 is 4.79 Å². The van der Waals surface area contributed by atoms with Crippen LogP contribution in [-0.2, 0) is 6.54 Å². The highest BCUT2D eigenvalue weighted by molar-refractivity contribution is 5.96. The number of rotatable bonds is 3. The first-order valence-corrected chi connectivity index (χ1v) is 6.85. The van der Waals surface area contributed by atoms with Crippen molar-refractivity contribution in [2.24, 2.45) is 11.1 Å². The first-order chi connectivity index (χ1) is 9.43. The van der Waals surface area contributed by atoms with Crippen molar-refractivity contribution in [3.8, 4) is 0 Å². The molecule has 2 N–H and O–H groups in total. The maximum atomic E-state index is 11.2. The third-order valence-corrected chi connectivity index (χ3v) is 3.72. The van der Waals surface area contributed by atoms with E-state index in [1.165, 1.54) is 0 Å². The van der Waals surface area contributed by atoms with E-state index >= 15 is 0 Å². The van der Waals surface area contributed by atoms with E-state index in [4.69, 9.17) is 5.73 Å². The number of hydrogen-bond donors (Lipinski definition) is 1. The fraction of sp³-hybridized carbons (Fsp3) is 0.375. The van der Waals surface area contributed by atoms with E-state index in [0.717, 1.165) is 36.2 Å². The van der Waals surface area contributed by atoms with Gasteiger partial charge in [-0.25, -0.2) is 0 Å². The molecule has 0 unspecified atom stereocenters. The molecule has 4 heteroatoms. The van der Waals surface area contributed by atoms with Gasteiger partial charge in [-0.1, -0.05) is 19.9 Å². The van der Waals surface area contributed by atoms with Crippen LogP contribution < -0.4 is 5.73 Å². The molecule has 1 aliphatic rings. The number of nitrogens with zero attached hydrogens (tertiary/aromatic N) is 2. The van der Waals surface area contributed by atoms with Gasteiger partial charge < -0.3 is 5.73 Å². The SMILES string of the molecule is CC1(C)CN(Cc2ccc3cc(C(N)=O)ccc3n2)C1. The zero-order chi connectivity index (χ0) is 14.3. The van der Waals surface area contributed by atoms with Crippen LogP contribution in [0.3, 0.4) is 0 Å². The van der Waals surface area contributed by atoms with E-state index in [9.17, 15) is 4.79 Å². The molecule has 4 nitrogen and oxygen atoms in total. The van der Waals surface area contributed by atoms with Crippen molar-refractivity contribution in [2.45, 2.75) is 20.4 Å². The zero-order valence-corrected chi connectivity index (χ0v) is 11.9. The lowest BCUT2D eigenvalue weighted by atomic mass is 9.84. The van der Waals surface area contributed by atoms with Crippen molar-refractivity contribution in [1.82, 2.24) is 9.88 Å². The number of benzene rings is 1. The van der Waals surface area contributed by atoms with E-state index in [-0.39, 0.29) is 0 Å². The molecule has 0 aliphatic carbocycles. The Labute approximate surface area is 118 Å². The molecule has 3 rings (SSSR count). The molecule has 0 saturated carbocycles. The van der Waals surface area contributed by atoms with Crippen molar-refractivity contribution in [3.05, 3.63) is 41.6 Å². The van der Waals surface area contributed by atoms with Crippen molar-refractivity contribution in [1.29, 1.82) is 0 Å². The van der Waals surface area contributed by atoms with E-state index in [0.29, 0.717) is 11.0 Å². The van der Waals surface area contributed by atoms with Crippen LogP contribution in [0.15, 0.2) is 30.3 Å². The summed E-state index contributed by atoms with van der Waals surface area (Å²) in [6.45, 7) is 7.68. The lowest BCUT2D eigenvalue weighted by Gasteiger charge is -2.45. The molecule has 0 radical (unpaired) electrons. The second-order valence-electron chi connectivity index (χ2n) is 6.38. The van der Waals surface area contributed by atoms with Crippen LogP contribution in [0.5, 0.6) is 0 Å². The molecule has 1 aliphatic heterocycles. The molecule has 1 fully saturated rings. The third kappa shape index (κ3) is 2.51. The van der Waals surface area contributed by atoms with Crippen molar-refractivity contribution >= 4 is 16.8 Å². The number of primary amides is 1. The normalized spacial score (nSPS) is 17.9. The highest BCUT2D eigenvalue weighted by Crippen LogP contribution is 2.29. The summed E-state index contributed by atoms with van der Waals surface area (Å²) >= 11 is 0. The van der Waals surface area contributed by atoms with Crippen LogP contribution >= 0.6 is 0 Å². The summed E-state index contributed by atoms with van der Waals surface area (Å²) in [4.78, 5) is 18.2. The second-order valence-corrected chi connectivity index (χ2v) is 6.38. The number of hydrogen-bond acceptors (Lipinski definition) is 3. The summed E-state index contributed by atoms with van der Waals surface area (Å²) in [5, 5.41) is 0.953. The Morgan fingerprint density at radius 3 is 2.70 bits per heavy atom. The molecule has 0 spiro atoms. The average molecular weight is 269 g/mol. The van der Waals surface area contributed by atoms with Crippen molar-refractivity contribution in [3.63, 3.8) is 0 Å². The Bertz CT molecular complexity index is 670. The summed E-state index contributed by atoms with van der Waals surface area (Å²) in [5.74, 6) is -0.404. The second kappa shape index (κ2) is 4.56. The quantitative estimate of drug-likeness (QED) is 0.929. The Morgan fingerprint density at radius 1 is 1.30 bits per heavy atom. The molecule has 1 aromatic heterocycles. The number of nitrogens with two attached hydrogens (primary N) is 1. The molecule has 2 heterocycles. The molecular weight excluding hydrogens is 250 g/mol. The number of pyridine rings is 1. The predicted octanol–water partition coefficient (Wildman–Crippen LogP) is 2.18. The van der Waals surface area contributed by atoms with Crippen LogP contribution in [0.2, 0.25) is 0 Å². The summed E-state index contributed by atoms with van der Waals surface area (Å²) in [6.07, 6.45) is 0. The summed E-state index contributed by atoms with van der Waals surface area (Å²) in [7, 11) is 0. The van der Waals surface area contributed by atoms with Crippen LogP contribution in [0.4, 0.5) is 0 Å². The molecule has 0 atom stereocenters. The van der Waals surface area contributed by atoms with Gasteiger partial charge in [-0.15, -0.1) is 0 Å². The van der Waals surface area contributed by atoms with E-state index in [2.05, 4.69) is 23.7 Å². The van der Waals surface area contributed by atoms with Crippen LogP contribution in [-0.4, -0.2) is 28.9 Å². The number of amides is 1. The molecule has 1 amide bonds. The van der Waals surface area contributed by atoms with Crippen LogP contribution in [0.1, 0.15) is 29.9 Å². The number of likely N-dealkylation sites (tertiary alicyclic amines) is 1. The van der Waals surface area contributed by atoms with Gasteiger partial charge in [0.25, 0.3) is 0 Å². The maximum Gasteiger partial charge on any atom is 0.248 e. The predicted molar refractivity (Wildman–Crippen MR) is 79.3 cm³/mol. The van der Waals surface area contributed by atoms with Gasteiger partial charge in [-0.3, -0.25) is 14.7 Å². The van der Waals surface area contributed by atoms with Gasteiger partial charge in [0.2, 0.25) is 5.91 Å².